The van der Waals surface area contributed by atoms with Crippen molar-refractivity contribution in [2.45, 2.75) is 52.6 Å². The summed E-state index contributed by atoms with van der Waals surface area (Å²) >= 11 is 0. The Balaban J connectivity index is 2.76. The maximum Gasteiger partial charge on any atom is 0.0659 e. The van der Waals surface area contributed by atoms with Crippen LogP contribution in [-0.4, -0.2) is 10.7 Å². The van der Waals surface area contributed by atoms with E-state index in [-0.39, 0.29) is 0 Å². The standard InChI is InChI=1S/C14H22O/c1-5-8-14(4,15)10-13-7-6-11(2)12(3)9-13/h6-7,9,15H,5,8,10H2,1-4H3. The van der Waals surface area contributed by atoms with Gasteiger partial charge in [0.25, 0.3) is 0 Å². The van der Waals surface area contributed by atoms with Gasteiger partial charge in [-0.2, -0.15) is 0 Å². The van der Waals surface area contributed by atoms with E-state index in [1.807, 2.05) is 6.92 Å². The fraction of sp³-hybridized carbons (Fsp3) is 0.571. The molecule has 1 aromatic rings. The first-order chi connectivity index (χ1) is 6.94. The molecule has 1 nitrogen and oxygen atoms in total. The molecule has 0 heterocycles. The van der Waals surface area contributed by atoms with Crippen LogP contribution < -0.4 is 0 Å². The number of rotatable bonds is 4. The predicted molar refractivity (Wildman–Crippen MR) is 65.2 cm³/mol. The van der Waals surface area contributed by atoms with Gasteiger partial charge in [-0.3, -0.25) is 0 Å². The van der Waals surface area contributed by atoms with E-state index >= 15 is 0 Å². The van der Waals surface area contributed by atoms with Gasteiger partial charge in [0, 0.05) is 6.42 Å². The Morgan fingerprint density at radius 1 is 1.20 bits per heavy atom. The molecule has 0 aliphatic carbocycles. The Bertz CT molecular complexity index is 326. The number of hydrogen-bond donors (Lipinski definition) is 1. The molecule has 1 N–H and O–H groups in total. The molecule has 1 unspecified atom stereocenters. The van der Waals surface area contributed by atoms with Gasteiger partial charge in [-0.15, -0.1) is 0 Å². The quantitative estimate of drug-likeness (QED) is 0.800. The summed E-state index contributed by atoms with van der Waals surface area (Å²) in [6.45, 7) is 8.26. The Kier molecular flexibility index (Phi) is 3.92. The van der Waals surface area contributed by atoms with Gasteiger partial charge in [0.05, 0.1) is 5.60 Å². The lowest BCUT2D eigenvalue weighted by Crippen LogP contribution is -2.26. The molecule has 0 saturated carbocycles. The van der Waals surface area contributed by atoms with E-state index in [2.05, 4.69) is 39.0 Å². The van der Waals surface area contributed by atoms with Crippen LogP contribution in [0.15, 0.2) is 18.2 Å². The first-order valence-corrected chi connectivity index (χ1v) is 5.73. The molecule has 0 saturated heterocycles. The number of hydrogen-bond acceptors (Lipinski definition) is 1. The molecule has 0 aromatic heterocycles. The zero-order valence-corrected chi connectivity index (χ0v) is 10.3. The van der Waals surface area contributed by atoms with Crippen molar-refractivity contribution in [1.82, 2.24) is 0 Å². The minimum Gasteiger partial charge on any atom is -0.390 e. The van der Waals surface area contributed by atoms with Crippen LogP contribution in [0.1, 0.15) is 43.4 Å². The predicted octanol–water partition coefficient (Wildman–Crippen LogP) is 3.40. The Hall–Kier alpha value is -0.820. The summed E-state index contributed by atoms with van der Waals surface area (Å²) in [4.78, 5) is 0. The lowest BCUT2D eigenvalue weighted by atomic mass is 9.91. The van der Waals surface area contributed by atoms with Gasteiger partial charge >= 0.3 is 0 Å². The van der Waals surface area contributed by atoms with Gasteiger partial charge in [-0.25, -0.2) is 0 Å². The Morgan fingerprint density at radius 3 is 2.40 bits per heavy atom. The van der Waals surface area contributed by atoms with Crippen molar-refractivity contribution in [3.8, 4) is 0 Å². The van der Waals surface area contributed by atoms with Crippen molar-refractivity contribution in [1.29, 1.82) is 0 Å². The molecule has 1 rings (SSSR count). The zero-order chi connectivity index (χ0) is 11.5. The zero-order valence-electron chi connectivity index (χ0n) is 10.3. The van der Waals surface area contributed by atoms with Crippen LogP contribution in [0.25, 0.3) is 0 Å². The first kappa shape index (κ1) is 12.3. The van der Waals surface area contributed by atoms with E-state index in [4.69, 9.17) is 0 Å². The second-order valence-corrected chi connectivity index (χ2v) is 4.84. The number of benzene rings is 1. The smallest absolute Gasteiger partial charge is 0.0659 e. The van der Waals surface area contributed by atoms with Crippen molar-refractivity contribution in [3.63, 3.8) is 0 Å². The summed E-state index contributed by atoms with van der Waals surface area (Å²) in [7, 11) is 0. The van der Waals surface area contributed by atoms with Crippen LogP contribution in [-0.2, 0) is 6.42 Å². The van der Waals surface area contributed by atoms with Crippen molar-refractivity contribution < 1.29 is 5.11 Å². The normalized spacial score (nSPS) is 15.0. The largest absolute Gasteiger partial charge is 0.390 e. The van der Waals surface area contributed by atoms with E-state index < -0.39 is 5.60 Å². The highest BCUT2D eigenvalue weighted by Gasteiger charge is 2.19. The van der Waals surface area contributed by atoms with Gasteiger partial charge in [0.1, 0.15) is 0 Å². The number of aryl methyl sites for hydroxylation is 2. The van der Waals surface area contributed by atoms with Crippen LogP contribution in [0.5, 0.6) is 0 Å². The molecule has 15 heavy (non-hydrogen) atoms. The second-order valence-electron chi connectivity index (χ2n) is 4.84. The molecule has 0 radical (unpaired) electrons. The monoisotopic (exact) mass is 206 g/mol. The van der Waals surface area contributed by atoms with Crippen LogP contribution in [0, 0.1) is 13.8 Å². The van der Waals surface area contributed by atoms with Crippen LogP contribution >= 0.6 is 0 Å². The molecule has 0 amide bonds. The summed E-state index contributed by atoms with van der Waals surface area (Å²) in [5.74, 6) is 0. The molecule has 1 atom stereocenters. The summed E-state index contributed by atoms with van der Waals surface area (Å²) in [6.07, 6.45) is 2.64. The molecular formula is C14H22O. The van der Waals surface area contributed by atoms with E-state index in [1.54, 1.807) is 0 Å². The van der Waals surface area contributed by atoms with Gasteiger partial charge in [0.2, 0.25) is 0 Å². The fourth-order valence-electron chi connectivity index (χ4n) is 1.98. The van der Waals surface area contributed by atoms with Crippen molar-refractivity contribution in [2.24, 2.45) is 0 Å². The average Bonchev–Trinajstić information content (AvgIpc) is 2.10. The maximum atomic E-state index is 10.1. The SMILES string of the molecule is CCCC(C)(O)Cc1ccc(C)c(C)c1. The summed E-state index contributed by atoms with van der Waals surface area (Å²) in [6, 6.07) is 6.43. The molecule has 1 aromatic carbocycles. The summed E-state index contributed by atoms with van der Waals surface area (Å²) in [5.41, 5.74) is 3.29. The van der Waals surface area contributed by atoms with Gasteiger partial charge in [0.15, 0.2) is 0 Å². The van der Waals surface area contributed by atoms with Crippen molar-refractivity contribution in [3.05, 3.63) is 34.9 Å². The lowest BCUT2D eigenvalue weighted by Gasteiger charge is -2.23. The van der Waals surface area contributed by atoms with Crippen molar-refractivity contribution in [2.75, 3.05) is 0 Å². The Morgan fingerprint density at radius 2 is 1.87 bits per heavy atom. The molecule has 0 spiro atoms. The third-order valence-electron chi connectivity index (χ3n) is 2.94. The second kappa shape index (κ2) is 4.80. The topological polar surface area (TPSA) is 20.2 Å². The minimum atomic E-state index is -0.559. The van der Waals surface area contributed by atoms with Crippen LogP contribution in [0.4, 0.5) is 0 Å². The first-order valence-electron chi connectivity index (χ1n) is 5.73. The summed E-state index contributed by atoms with van der Waals surface area (Å²) < 4.78 is 0. The molecule has 84 valence electrons. The van der Waals surface area contributed by atoms with Gasteiger partial charge in [-0.1, -0.05) is 31.5 Å². The van der Waals surface area contributed by atoms with E-state index in [1.165, 1.54) is 16.7 Å². The molecular weight excluding hydrogens is 184 g/mol. The average molecular weight is 206 g/mol. The molecule has 0 aliphatic heterocycles. The third-order valence-corrected chi connectivity index (χ3v) is 2.94. The van der Waals surface area contributed by atoms with Crippen LogP contribution in [0.3, 0.4) is 0 Å². The lowest BCUT2D eigenvalue weighted by molar-refractivity contribution is 0.0505. The highest BCUT2D eigenvalue weighted by atomic mass is 16.3. The number of aliphatic hydroxyl groups is 1. The Labute approximate surface area is 93.1 Å². The minimum absolute atomic E-state index is 0.559. The third kappa shape index (κ3) is 3.67. The summed E-state index contributed by atoms with van der Waals surface area (Å²) in [5, 5.41) is 10.1. The van der Waals surface area contributed by atoms with E-state index in [0.29, 0.717) is 0 Å². The van der Waals surface area contributed by atoms with Crippen molar-refractivity contribution >= 4 is 0 Å². The van der Waals surface area contributed by atoms with E-state index in [0.717, 1.165) is 19.3 Å². The van der Waals surface area contributed by atoms with Gasteiger partial charge < -0.3 is 5.11 Å². The highest BCUT2D eigenvalue weighted by Crippen LogP contribution is 2.20. The fourth-order valence-corrected chi connectivity index (χ4v) is 1.98. The molecule has 0 bridgehead atoms. The van der Waals surface area contributed by atoms with E-state index in [9.17, 15) is 5.11 Å². The maximum absolute atomic E-state index is 10.1. The van der Waals surface area contributed by atoms with Crippen LogP contribution in [0.2, 0.25) is 0 Å². The molecule has 0 fully saturated rings. The molecule has 1 heteroatoms. The van der Waals surface area contributed by atoms with Gasteiger partial charge in [-0.05, 0) is 43.9 Å². The highest BCUT2D eigenvalue weighted by molar-refractivity contribution is 5.30. The molecule has 0 aliphatic rings.